The molecule has 1 fully saturated rings. The Kier molecular flexibility index (Phi) is 4.93. The molecule has 7 heteroatoms. The molecule has 1 atom stereocenters. The van der Waals surface area contributed by atoms with Crippen LogP contribution in [0, 0.1) is 0 Å². The van der Waals surface area contributed by atoms with E-state index in [1.165, 1.54) is 6.20 Å². The van der Waals surface area contributed by atoms with Gasteiger partial charge in [0.05, 0.1) is 5.69 Å². The summed E-state index contributed by atoms with van der Waals surface area (Å²) in [6.07, 6.45) is 3.69. The number of anilines is 1. The topological polar surface area (TPSA) is 71.1 Å². The molecular formula is C13H21N3O2S2. The van der Waals surface area contributed by atoms with Crippen LogP contribution in [0.2, 0.25) is 0 Å². The van der Waals surface area contributed by atoms with E-state index in [1.807, 2.05) is 18.7 Å². The van der Waals surface area contributed by atoms with E-state index < -0.39 is 10.0 Å². The number of hydrogen-bond acceptors (Lipinski definition) is 5. The van der Waals surface area contributed by atoms with Gasteiger partial charge in [-0.15, -0.1) is 0 Å². The second kappa shape index (κ2) is 6.32. The molecule has 1 aromatic heterocycles. The third-order valence-corrected chi connectivity index (χ3v) is 6.23. The zero-order valence-corrected chi connectivity index (χ0v) is 13.5. The smallest absolute Gasteiger partial charge is 0.260 e. The van der Waals surface area contributed by atoms with Crippen molar-refractivity contribution >= 4 is 27.5 Å². The second-order valence-electron chi connectivity index (χ2n) is 5.11. The van der Waals surface area contributed by atoms with Gasteiger partial charge in [-0.2, -0.15) is 11.8 Å². The summed E-state index contributed by atoms with van der Waals surface area (Å²) in [5, 5.41) is 3.11. The van der Waals surface area contributed by atoms with Crippen LogP contribution in [0.4, 0.5) is 5.69 Å². The highest BCUT2D eigenvalue weighted by atomic mass is 32.2. The van der Waals surface area contributed by atoms with E-state index in [9.17, 15) is 8.42 Å². The van der Waals surface area contributed by atoms with Gasteiger partial charge in [-0.25, -0.2) is 18.1 Å². The molecule has 1 saturated heterocycles. The van der Waals surface area contributed by atoms with E-state index in [-0.39, 0.29) is 9.77 Å². The van der Waals surface area contributed by atoms with E-state index in [1.54, 1.807) is 12.1 Å². The molecule has 112 valence electrons. The van der Waals surface area contributed by atoms with Crippen LogP contribution in [0.5, 0.6) is 0 Å². The molecule has 0 radical (unpaired) electrons. The van der Waals surface area contributed by atoms with Gasteiger partial charge in [-0.1, -0.05) is 0 Å². The van der Waals surface area contributed by atoms with Crippen molar-refractivity contribution in [3.63, 3.8) is 0 Å². The van der Waals surface area contributed by atoms with Crippen molar-refractivity contribution in [1.82, 2.24) is 9.71 Å². The average molecular weight is 315 g/mol. The van der Waals surface area contributed by atoms with Gasteiger partial charge in [0.1, 0.15) is 0 Å². The molecule has 2 heterocycles. The summed E-state index contributed by atoms with van der Waals surface area (Å²) >= 11 is 1.83. The number of hydrogen-bond donors (Lipinski definition) is 2. The first-order valence-corrected chi connectivity index (χ1v) is 9.26. The third kappa shape index (κ3) is 3.65. The zero-order valence-electron chi connectivity index (χ0n) is 11.8. The normalized spacial score (nSPS) is 22.9. The summed E-state index contributed by atoms with van der Waals surface area (Å²) in [7, 11) is -3.58. The third-order valence-electron chi connectivity index (χ3n) is 3.33. The molecule has 0 aliphatic carbocycles. The Morgan fingerprint density at radius 1 is 1.50 bits per heavy atom. The molecule has 1 aromatic rings. The van der Waals surface area contributed by atoms with Crippen LogP contribution in [0.1, 0.15) is 26.7 Å². The monoisotopic (exact) mass is 315 g/mol. The van der Waals surface area contributed by atoms with E-state index >= 15 is 0 Å². The predicted molar refractivity (Wildman–Crippen MR) is 83.7 cm³/mol. The number of pyridine rings is 1. The van der Waals surface area contributed by atoms with Gasteiger partial charge in [0, 0.05) is 24.0 Å². The Bertz CT molecular complexity index is 554. The van der Waals surface area contributed by atoms with Crippen molar-refractivity contribution in [2.45, 2.75) is 36.5 Å². The first-order valence-electron chi connectivity index (χ1n) is 6.79. The minimum atomic E-state index is -3.58. The molecule has 1 aliphatic rings. The molecule has 20 heavy (non-hydrogen) atoms. The standard InChI is InChI=1S/C13H21N3O2S2/c1-3-14-11-6-4-8-15-12(11)20(17,18)16-10-13(2)7-5-9-19-13/h4,6,8,14,16H,3,5,7,9-10H2,1-2H3. The highest BCUT2D eigenvalue weighted by Gasteiger charge is 2.31. The van der Waals surface area contributed by atoms with E-state index in [4.69, 9.17) is 0 Å². The maximum absolute atomic E-state index is 12.4. The van der Waals surface area contributed by atoms with Crippen LogP contribution in [-0.2, 0) is 10.0 Å². The van der Waals surface area contributed by atoms with Gasteiger partial charge >= 0.3 is 0 Å². The molecule has 0 spiro atoms. The van der Waals surface area contributed by atoms with Crippen LogP contribution in [0.15, 0.2) is 23.4 Å². The molecule has 2 rings (SSSR count). The fraction of sp³-hybridized carbons (Fsp3) is 0.615. The van der Waals surface area contributed by atoms with Gasteiger partial charge in [-0.05, 0) is 44.6 Å². The van der Waals surface area contributed by atoms with Crippen LogP contribution in [-0.4, -0.2) is 37.0 Å². The van der Waals surface area contributed by atoms with Gasteiger partial charge in [-0.3, -0.25) is 0 Å². The SMILES string of the molecule is CCNc1cccnc1S(=O)(=O)NCC1(C)CCCS1. The van der Waals surface area contributed by atoms with Crippen molar-refractivity contribution in [1.29, 1.82) is 0 Å². The Morgan fingerprint density at radius 3 is 2.95 bits per heavy atom. The van der Waals surface area contributed by atoms with Gasteiger partial charge in [0.2, 0.25) is 0 Å². The Labute approximate surface area is 125 Å². The summed E-state index contributed by atoms with van der Waals surface area (Å²) in [6, 6.07) is 3.46. The Balaban J connectivity index is 2.14. The largest absolute Gasteiger partial charge is 0.383 e. The molecule has 5 nitrogen and oxygen atoms in total. The van der Waals surface area contributed by atoms with Crippen LogP contribution in [0.25, 0.3) is 0 Å². The van der Waals surface area contributed by atoms with Crippen LogP contribution in [0.3, 0.4) is 0 Å². The molecular weight excluding hydrogens is 294 g/mol. The zero-order chi connectivity index (χ0) is 14.6. The first-order chi connectivity index (χ1) is 9.47. The lowest BCUT2D eigenvalue weighted by atomic mass is 10.1. The van der Waals surface area contributed by atoms with Crippen molar-refractivity contribution in [2.75, 3.05) is 24.2 Å². The minimum absolute atomic E-state index is 0.000197. The Hall–Kier alpha value is -0.790. The number of nitrogens with zero attached hydrogens (tertiary/aromatic N) is 1. The molecule has 0 saturated carbocycles. The van der Waals surface area contributed by atoms with Crippen LogP contribution < -0.4 is 10.0 Å². The molecule has 1 unspecified atom stereocenters. The van der Waals surface area contributed by atoms with E-state index in [0.717, 1.165) is 18.6 Å². The average Bonchev–Trinajstić information content (AvgIpc) is 2.85. The minimum Gasteiger partial charge on any atom is -0.383 e. The molecule has 0 amide bonds. The second-order valence-corrected chi connectivity index (χ2v) is 8.48. The summed E-state index contributed by atoms with van der Waals surface area (Å²) < 4.78 is 27.5. The lowest BCUT2D eigenvalue weighted by molar-refractivity contribution is 0.550. The number of thioether (sulfide) groups is 1. The van der Waals surface area contributed by atoms with Crippen molar-refractivity contribution < 1.29 is 8.42 Å². The summed E-state index contributed by atoms with van der Waals surface area (Å²) in [4.78, 5) is 4.02. The highest BCUT2D eigenvalue weighted by Crippen LogP contribution is 2.37. The number of aromatic nitrogens is 1. The van der Waals surface area contributed by atoms with Gasteiger partial charge < -0.3 is 5.32 Å². The Morgan fingerprint density at radius 2 is 2.30 bits per heavy atom. The molecule has 1 aliphatic heterocycles. The molecule has 0 bridgehead atoms. The van der Waals surface area contributed by atoms with Crippen molar-refractivity contribution in [3.05, 3.63) is 18.3 Å². The van der Waals surface area contributed by atoms with E-state index in [2.05, 4.69) is 21.9 Å². The predicted octanol–water partition coefficient (Wildman–Crippen LogP) is 2.08. The van der Waals surface area contributed by atoms with Crippen molar-refractivity contribution in [2.24, 2.45) is 0 Å². The summed E-state index contributed by atoms with van der Waals surface area (Å²) in [5.74, 6) is 1.10. The van der Waals surface area contributed by atoms with Crippen LogP contribution >= 0.6 is 11.8 Å². The van der Waals surface area contributed by atoms with Crippen molar-refractivity contribution in [3.8, 4) is 0 Å². The van der Waals surface area contributed by atoms with Gasteiger partial charge in [0.25, 0.3) is 10.0 Å². The lowest BCUT2D eigenvalue weighted by Crippen LogP contribution is -2.37. The number of nitrogens with one attached hydrogen (secondary N) is 2. The highest BCUT2D eigenvalue weighted by molar-refractivity contribution is 8.01. The van der Waals surface area contributed by atoms with E-state index in [0.29, 0.717) is 18.8 Å². The maximum Gasteiger partial charge on any atom is 0.260 e. The quantitative estimate of drug-likeness (QED) is 0.841. The molecule has 2 N–H and O–H groups in total. The number of sulfonamides is 1. The first kappa shape index (κ1) is 15.6. The fourth-order valence-corrected chi connectivity index (χ4v) is 4.83. The number of rotatable bonds is 6. The molecule has 0 aromatic carbocycles. The maximum atomic E-state index is 12.4. The fourth-order valence-electron chi connectivity index (χ4n) is 2.22. The summed E-state index contributed by atoms with van der Waals surface area (Å²) in [6.45, 7) is 5.13. The lowest BCUT2D eigenvalue weighted by Gasteiger charge is -2.23. The van der Waals surface area contributed by atoms with Gasteiger partial charge in [0.15, 0.2) is 5.03 Å². The summed E-state index contributed by atoms with van der Waals surface area (Å²) in [5.41, 5.74) is 0.548.